The lowest BCUT2D eigenvalue weighted by Gasteiger charge is -2.12. The third kappa shape index (κ3) is 4.94. The molecule has 0 aromatic heterocycles. The van der Waals surface area contributed by atoms with Gasteiger partial charge in [0.05, 0.1) is 6.61 Å². The smallest absolute Gasteiger partial charge is 0.358 e. The molecule has 0 spiro atoms. The molecule has 1 unspecified atom stereocenters. The Morgan fingerprint density at radius 1 is 1.25 bits per heavy atom. The summed E-state index contributed by atoms with van der Waals surface area (Å²) in [6, 6.07) is 0. The van der Waals surface area contributed by atoms with Crippen molar-refractivity contribution < 1.29 is 38.6 Å². The van der Waals surface area contributed by atoms with E-state index in [-0.39, 0.29) is 26.1 Å². The number of rotatable bonds is 7. The van der Waals surface area contributed by atoms with Gasteiger partial charge in [-0.05, 0) is 6.92 Å². The van der Waals surface area contributed by atoms with E-state index in [1.54, 1.807) is 0 Å². The second kappa shape index (κ2) is 7.56. The monoisotopic (exact) mass is 289 g/mol. The third-order valence-corrected chi connectivity index (χ3v) is 2.23. The van der Waals surface area contributed by atoms with Gasteiger partial charge in [0.15, 0.2) is 0 Å². The van der Waals surface area contributed by atoms with Gasteiger partial charge in [0.25, 0.3) is 11.8 Å². The van der Waals surface area contributed by atoms with Crippen LogP contribution in [0.3, 0.4) is 0 Å². The zero-order valence-corrected chi connectivity index (χ0v) is 10.9. The van der Waals surface area contributed by atoms with Gasteiger partial charge in [0, 0.05) is 12.8 Å². The highest BCUT2D eigenvalue weighted by Crippen LogP contribution is 2.11. The van der Waals surface area contributed by atoms with Gasteiger partial charge >= 0.3 is 11.9 Å². The molecule has 1 heterocycles. The van der Waals surface area contributed by atoms with E-state index in [4.69, 9.17) is 9.84 Å². The molecule has 1 saturated heterocycles. The van der Waals surface area contributed by atoms with E-state index in [0.717, 1.165) is 0 Å². The Morgan fingerprint density at radius 3 is 2.40 bits per heavy atom. The zero-order chi connectivity index (χ0) is 15.1. The minimum Gasteiger partial charge on any atom is -0.461 e. The maximum absolute atomic E-state index is 11.3. The zero-order valence-electron chi connectivity index (χ0n) is 10.9. The molecule has 112 valence electrons. The van der Waals surface area contributed by atoms with Crippen LogP contribution < -0.4 is 0 Å². The van der Waals surface area contributed by atoms with Crippen LogP contribution >= 0.6 is 0 Å². The Kier molecular flexibility index (Phi) is 6.07. The van der Waals surface area contributed by atoms with Crippen LogP contribution in [0.5, 0.6) is 0 Å². The summed E-state index contributed by atoms with van der Waals surface area (Å²) in [5.74, 6) is -2.86. The summed E-state index contributed by atoms with van der Waals surface area (Å²) in [4.78, 5) is 48.9. The SMILES string of the molecule is CC(O)C(=O)OCCOCC(=O)ON1C(=O)CCC1=O. The van der Waals surface area contributed by atoms with Crippen molar-refractivity contribution >= 4 is 23.8 Å². The van der Waals surface area contributed by atoms with Gasteiger partial charge in [-0.1, -0.05) is 0 Å². The highest BCUT2D eigenvalue weighted by molar-refractivity contribution is 6.01. The van der Waals surface area contributed by atoms with Gasteiger partial charge in [-0.25, -0.2) is 9.59 Å². The Bertz CT molecular complexity index is 389. The summed E-state index contributed by atoms with van der Waals surface area (Å²) in [5.41, 5.74) is 0. The molecule has 0 aromatic carbocycles. The van der Waals surface area contributed by atoms with E-state index in [2.05, 4.69) is 9.57 Å². The first kappa shape index (κ1) is 16.1. The average molecular weight is 289 g/mol. The Labute approximate surface area is 114 Å². The van der Waals surface area contributed by atoms with Crippen molar-refractivity contribution in [3.8, 4) is 0 Å². The van der Waals surface area contributed by atoms with E-state index < -0.39 is 36.5 Å². The minimum atomic E-state index is -1.23. The fourth-order valence-corrected chi connectivity index (χ4v) is 1.26. The summed E-state index contributed by atoms with van der Waals surface area (Å²) in [7, 11) is 0. The molecule has 1 fully saturated rings. The summed E-state index contributed by atoms with van der Waals surface area (Å²) in [5, 5.41) is 9.23. The van der Waals surface area contributed by atoms with Crippen LogP contribution in [0, 0.1) is 0 Å². The van der Waals surface area contributed by atoms with E-state index in [1.165, 1.54) is 6.92 Å². The topological polar surface area (TPSA) is 119 Å². The maximum Gasteiger partial charge on any atom is 0.358 e. The number of hydroxylamine groups is 2. The predicted octanol–water partition coefficient (Wildman–Crippen LogP) is -1.47. The van der Waals surface area contributed by atoms with Gasteiger partial charge in [-0.15, -0.1) is 5.06 Å². The van der Waals surface area contributed by atoms with Crippen LogP contribution in [0.1, 0.15) is 19.8 Å². The number of nitrogens with zero attached hydrogens (tertiary/aromatic N) is 1. The number of esters is 1. The van der Waals surface area contributed by atoms with E-state index in [0.29, 0.717) is 5.06 Å². The number of aliphatic hydroxyl groups excluding tert-OH is 1. The van der Waals surface area contributed by atoms with E-state index in [9.17, 15) is 19.2 Å². The third-order valence-electron chi connectivity index (χ3n) is 2.23. The van der Waals surface area contributed by atoms with Gasteiger partial charge in [0.2, 0.25) is 0 Å². The summed E-state index contributed by atoms with van der Waals surface area (Å²) < 4.78 is 9.39. The van der Waals surface area contributed by atoms with Gasteiger partial charge in [-0.2, -0.15) is 0 Å². The molecule has 1 N–H and O–H groups in total. The largest absolute Gasteiger partial charge is 0.461 e. The van der Waals surface area contributed by atoms with Crippen molar-refractivity contribution in [2.75, 3.05) is 19.8 Å². The second-order valence-electron chi connectivity index (χ2n) is 3.94. The summed E-state index contributed by atoms with van der Waals surface area (Å²) in [6.07, 6.45) is -1.20. The molecule has 1 aliphatic heterocycles. The number of carbonyl (C=O) groups excluding carboxylic acids is 4. The van der Waals surface area contributed by atoms with Crippen LogP contribution in [-0.4, -0.2) is 59.8 Å². The molecule has 20 heavy (non-hydrogen) atoms. The standard InChI is InChI=1S/C11H15NO8/c1-7(13)11(17)19-5-4-18-6-10(16)20-12-8(14)2-3-9(12)15/h7,13H,2-6H2,1H3. The molecule has 0 radical (unpaired) electrons. The van der Waals surface area contributed by atoms with Gasteiger partial charge in [-0.3, -0.25) is 9.59 Å². The maximum atomic E-state index is 11.3. The molecule has 9 heteroatoms. The van der Waals surface area contributed by atoms with Gasteiger partial charge in [0.1, 0.15) is 19.3 Å². The quantitative estimate of drug-likeness (QED) is 0.343. The highest BCUT2D eigenvalue weighted by atomic mass is 16.7. The van der Waals surface area contributed by atoms with Crippen LogP contribution in [0.4, 0.5) is 0 Å². The number of hydrogen-bond donors (Lipinski definition) is 1. The fraction of sp³-hybridized carbons (Fsp3) is 0.636. The summed E-state index contributed by atoms with van der Waals surface area (Å²) >= 11 is 0. The summed E-state index contributed by atoms with van der Waals surface area (Å²) in [6.45, 7) is 0.530. The van der Waals surface area contributed by atoms with Crippen molar-refractivity contribution in [3.05, 3.63) is 0 Å². The number of hydrogen-bond acceptors (Lipinski definition) is 8. The van der Waals surface area contributed by atoms with Crippen molar-refractivity contribution in [3.63, 3.8) is 0 Å². The van der Waals surface area contributed by atoms with E-state index in [1.807, 2.05) is 0 Å². The molecule has 0 aliphatic carbocycles. The van der Waals surface area contributed by atoms with Crippen LogP contribution in [0.25, 0.3) is 0 Å². The van der Waals surface area contributed by atoms with Crippen molar-refractivity contribution in [1.29, 1.82) is 0 Å². The number of aliphatic hydroxyl groups is 1. The van der Waals surface area contributed by atoms with Crippen LogP contribution in [-0.2, 0) is 33.5 Å². The Balaban J connectivity index is 2.13. The molecular formula is C11H15NO8. The van der Waals surface area contributed by atoms with Crippen molar-refractivity contribution in [2.45, 2.75) is 25.9 Å². The predicted molar refractivity (Wildman–Crippen MR) is 60.6 cm³/mol. The number of carbonyl (C=O) groups is 4. The molecule has 1 aliphatic rings. The lowest BCUT2D eigenvalue weighted by atomic mass is 10.4. The van der Waals surface area contributed by atoms with E-state index >= 15 is 0 Å². The lowest BCUT2D eigenvalue weighted by molar-refractivity contribution is -0.200. The fourth-order valence-electron chi connectivity index (χ4n) is 1.26. The molecule has 0 saturated carbocycles. The second-order valence-corrected chi connectivity index (χ2v) is 3.94. The Hall–Kier alpha value is -2.00. The first-order chi connectivity index (χ1) is 9.41. The molecule has 1 atom stereocenters. The number of imide groups is 1. The van der Waals surface area contributed by atoms with Crippen molar-refractivity contribution in [2.24, 2.45) is 0 Å². The lowest BCUT2D eigenvalue weighted by Crippen LogP contribution is -2.33. The molecular weight excluding hydrogens is 274 g/mol. The van der Waals surface area contributed by atoms with Crippen molar-refractivity contribution in [1.82, 2.24) is 5.06 Å². The Morgan fingerprint density at radius 2 is 1.85 bits per heavy atom. The molecule has 0 bridgehead atoms. The minimum absolute atomic E-state index is 0.0161. The normalized spacial score (nSPS) is 16.2. The molecule has 1 rings (SSSR count). The first-order valence-electron chi connectivity index (χ1n) is 5.91. The average Bonchev–Trinajstić information content (AvgIpc) is 2.69. The van der Waals surface area contributed by atoms with Crippen LogP contribution in [0.15, 0.2) is 0 Å². The van der Waals surface area contributed by atoms with Crippen LogP contribution in [0.2, 0.25) is 0 Å². The molecule has 9 nitrogen and oxygen atoms in total. The number of ether oxygens (including phenoxy) is 2. The number of amides is 2. The molecule has 0 aromatic rings. The highest BCUT2D eigenvalue weighted by Gasteiger charge is 2.32. The first-order valence-corrected chi connectivity index (χ1v) is 5.91. The molecule has 2 amide bonds. The van der Waals surface area contributed by atoms with Gasteiger partial charge < -0.3 is 19.4 Å².